The van der Waals surface area contributed by atoms with E-state index in [1.165, 1.54) is 6.92 Å². The first-order chi connectivity index (χ1) is 10.1. The van der Waals surface area contributed by atoms with Gasteiger partial charge >= 0.3 is 0 Å². The summed E-state index contributed by atoms with van der Waals surface area (Å²) < 4.78 is 5.71. The van der Waals surface area contributed by atoms with Crippen LogP contribution in [0.4, 0.5) is 5.69 Å². The Morgan fingerprint density at radius 2 is 1.86 bits per heavy atom. The molecule has 0 fully saturated rings. The maximum Gasteiger partial charge on any atom is 0.221 e. The van der Waals surface area contributed by atoms with Crippen LogP contribution in [0.2, 0.25) is 0 Å². The number of thiocarbonyl (C=S) groups is 1. The first-order valence-corrected chi connectivity index (χ1v) is 6.85. The summed E-state index contributed by atoms with van der Waals surface area (Å²) in [6, 6.07) is 14.8. The average Bonchev–Trinajstić information content (AvgIpc) is 2.46. The fourth-order valence-corrected chi connectivity index (χ4v) is 2.08. The lowest BCUT2D eigenvalue weighted by molar-refractivity contribution is -0.114. The van der Waals surface area contributed by atoms with Gasteiger partial charge in [0.2, 0.25) is 5.91 Å². The summed E-state index contributed by atoms with van der Waals surface area (Å²) in [6.07, 6.45) is 0. The number of nitrogens with one attached hydrogen (secondary N) is 1. The molecule has 2 rings (SSSR count). The predicted molar refractivity (Wildman–Crippen MR) is 87.4 cm³/mol. The molecule has 0 aliphatic heterocycles. The van der Waals surface area contributed by atoms with E-state index >= 15 is 0 Å². The van der Waals surface area contributed by atoms with Crippen molar-refractivity contribution in [3.8, 4) is 5.75 Å². The second kappa shape index (κ2) is 6.85. The molecule has 0 aromatic heterocycles. The molecule has 3 N–H and O–H groups in total. The van der Waals surface area contributed by atoms with Gasteiger partial charge in [-0.15, -0.1) is 0 Å². The second-order valence-corrected chi connectivity index (χ2v) is 4.96. The molecule has 2 aromatic carbocycles. The van der Waals surface area contributed by atoms with Crippen molar-refractivity contribution in [1.29, 1.82) is 0 Å². The minimum Gasteiger partial charge on any atom is -0.489 e. The van der Waals surface area contributed by atoms with Gasteiger partial charge in [-0.05, 0) is 29.8 Å². The minimum atomic E-state index is -0.103. The van der Waals surface area contributed by atoms with Crippen molar-refractivity contribution < 1.29 is 9.53 Å². The van der Waals surface area contributed by atoms with Gasteiger partial charge in [-0.3, -0.25) is 4.79 Å². The van der Waals surface area contributed by atoms with Crippen LogP contribution in [0.25, 0.3) is 0 Å². The van der Waals surface area contributed by atoms with Gasteiger partial charge < -0.3 is 15.8 Å². The van der Waals surface area contributed by atoms with Crippen LogP contribution >= 0.6 is 12.2 Å². The lowest BCUT2D eigenvalue weighted by atomic mass is 10.1. The summed E-state index contributed by atoms with van der Waals surface area (Å²) in [5.74, 6) is 0.607. The number of nitrogens with two attached hydrogens (primary N) is 1. The van der Waals surface area contributed by atoms with Gasteiger partial charge in [0.25, 0.3) is 0 Å². The Hall–Kier alpha value is -2.40. The van der Waals surface area contributed by atoms with Crippen LogP contribution in [0.5, 0.6) is 5.75 Å². The normalized spacial score (nSPS) is 9.95. The molecule has 0 radical (unpaired) electrons. The SMILES string of the molecule is CC(=O)Nc1ccc(OCc2ccccc2C(N)=S)cc1. The predicted octanol–water partition coefficient (Wildman–Crippen LogP) is 2.86. The van der Waals surface area contributed by atoms with Crippen molar-refractivity contribution in [3.63, 3.8) is 0 Å². The number of hydrogen-bond acceptors (Lipinski definition) is 3. The maximum absolute atomic E-state index is 10.9. The van der Waals surface area contributed by atoms with Crippen LogP contribution in [0, 0.1) is 0 Å². The fourth-order valence-electron chi connectivity index (χ4n) is 1.89. The molecule has 4 nitrogen and oxygen atoms in total. The van der Waals surface area contributed by atoms with E-state index in [-0.39, 0.29) is 5.91 Å². The number of amides is 1. The van der Waals surface area contributed by atoms with Crippen molar-refractivity contribution in [2.45, 2.75) is 13.5 Å². The Labute approximate surface area is 128 Å². The van der Waals surface area contributed by atoms with Crippen molar-refractivity contribution >= 4 is 28.8 Å². The van der Waals surface area contributed by atoms with E-state index in [0.29, 0.717) is 17.3 Å². The number of carbonyl (C=O) groups excluding carboxylic acids is 1. The van der Waals surface area contributed by atoms with E-state index in [1.54, 1.807) is 24.3 Å². The molecule has 0 aliphatic rings. The number of anilines is 1. The van der Waals surface area contributed by atoms with Crippen LogP contribution in [-0.4, -0.2) is 10.9 Å². The highest BCUT2D eigenvalue weighted by Gasteiger charge is 2.05. The highest BCUT2D eigenvalue weighted by atomic mass is 32.1. The van der Waals surface area contributed by atoms with Gasteiger partial charge in [-0.1, -0.05) is 36.5 Å². The standard InChI is InChI=1S/C16H16N2O2S/c1-11(19)18-13-6-8-14(9-7-13)20-10-12-4-2-3-5-15(12)16(17)21/h2-9H,10H2,1H3,(H2,17,21)(H,18,19). The highest BCUT2D eigenvalue weighted by molar-refractivity contribution is 7.80. The second-order valence-electron chi connectivity index (χ2n) is 4.52. The Morgan fingerprint density at radius 3 is 2.48 bits per heavy atom. The number of ether oxygens (including phenoxy) is 1. The molecule has 0 aliphatic carbocycles. The van der Waals surface area contributed by atoms with Crippen molar-refractivity contribution in [3.05, 3.63) is 59.7 Å². The smallest absolute Gasteiger partial charge is 0.221 e. The van der Waals surface area contributed by atoms with Crippen LogP contribution in [0.15, 0.2) is 48.5 Å². The zero-order chi connectivity index (χ0) is 15.2. The Morgan fingerprint density at radius 1 is 1.19 bits per heavy atom. The van der Waals surface area contributed by atoms with E-state index in [4.69, 9.17) is 22.7 Å². The third kappa shape index (κ3) is 4.29. The molecule has 0 unspecified atom stereocenters. The zero-order valence-corrected chi connectivity index (χ0v) is 12.4. The average molecular weight is 300 g/mol. The van der Waals surface area contributed by atoms with E-state index in [1.807, 2.05) is 24.3 Å². The molecular weight excluding hydrogens is 284 g/mol. The largest absolute Gasteiger partial charge is 0.489 e. The third-order valence-electron chi connectivity index (χ3n) is 2.85. The van der Waals surface area contributed by atoms with Crippen LogP contribution in [-0.2, 0) is 11.4 Å². The third-order valence-corrected chi connectivity index (χ3v) is 3.07. The molecule has 2 aromatic rings. The van der Waals surface area contributed by atoms with Crippen LogP contribution < -0.4 is 15.8 Å². The van der Waals surface area contributed by atoms with Gasteiger partial charge in [0.1, 0.15) is 17.3 Å². The zero-order valence-electron chi connectivity index (χ0n) is 11.6. The summed E-state index contributed by atoms with van der Waals surface area (Å²) in [5.41, 5.74) is 8.18. The molecule has 21 heavy (non-hydrogen) atoms. The first kappa shape index (κ1) is 15.0. The highest BCUT2D eigenvalue weighted by Crippen LogP contribution is 2.18. The number of hydrogen-bond donors (Lipinski definition) is 2. The summed E-state index contributed by atoms with van der Waals surface area (Å²) in [7, 11) is 0. The molecule has 108 valence electrons. The quantitative estimate of drug-likeness (QED) is 0.833. The van der Waals surface area contributed by atoms with Crippen molar-refractivity contribution in [2.75, 3.05) is 5.32 Å². The molecule has 0 spiro atoms. The molecule has 0 saturated heterocycles. The lowest BCUT2D eigenvalue weighted by Gasteiger charge is -2.10. The summed E-state index contributed by atoms with van der Waals surface area (Å²) in [5, 5.41) is 2.70. The van der Waals surface area contributed by atoms with Gasteiger partial charge in [-0.25, -0.2) is 0 Å². The molecule has 0 atom stereocenters. The molecule has 0 heterocycles. The number of benzene rings is 2. The van der Waals surface area contributed by atoms with Gasteiger partial charge in [0.05, 0.1) is 0 Å². The maximum atomic E-state index is 10.9. The molecule has 0 bridgehead atoms. The minimum absolute atomic E-state index is 0.103. The molecule has 1 amide bonds. The topological polar surface area (TPSA) is 64.3 Å². The molecule has 0 saturated carbocycles. The first-order valence-electron chi connectivity index (χ1n) is 6.44. The summed E-state index contributed by atoms with van der Waals surface area (Å²) in [4.78, 5) is 11.3. The fraction of sp³-hybridized carbons (Fsp3) is 0.125. The van der Waals surface area contributed by atoms with E-state index in [9.17, 15) is 4.79 Å². The van der Waals surface area contributed by atoms with E-state index < -0.39 is 0 Å². The lowest BCUT2D eigenvalue weighted by Crippen LogP contribution is -2.13. The van der Waals surface area contributed by atoms with Crippen molar-refractivity contribution in [1.82, 2.24) is 0 Å². The Kier molecular flexibility index (Phi) is 4.90. The van der Waals surface area contributed by atoms with Crippen molar-refractivity contribution in [2.24, 2.45) is 5.73 Å². The van der Waals surface area contributed by atoms with E-state index in [0.717, 1.165) is 16.8 Å². The van der Waals surface area contributed by atoms with Gasteiger partial charge in [-0.2, -0.15) is 0 Å². The van der Waals surface area contributed by atoms with Crippen LogP contribution in [0.1, 0.15) is 18.1 Å². The number of carbonyl (C=O) groups is 1. The monoisotopic (exact) mass is 300 g/mol. The van der Waals surface area contributed by atoms with Gasteiger partial charge in [0, 0.05) is 18.2 Å². The van der Waals surface area contributed by atoms with Gasteiger partial charge in [0.15, 0.2) is 0 Å². The Bertz CT molecular complexity index is 654. The summed E-state index contributed by atoms with van der Waals surface area (Å²) in [6.45, 7) is 1.85. The Balaban J connectivity index is 2.03. The molecule has 5 heteroatoms. The van der Waals surface area contributed by atoms with Crippen LogP contribution in [0.3, 0.4) is 0 Å². The van der Waals surface area contributed by atoms with E-state index in [2.05, 4.69) is 5.32 Å². The number of rotatable bonds is 5. The summed E-state index contributed by atoms with van der Waals surface area (Å²) >= 11 is 5.02. The molecular formula is C16H16N2O2S.